The molecule has 0 N–H and O–H groups in total. The fourth-order valence-electron chi connectivity index (χ4n) is 4.06. The minimum atomic E-state index is -0.0706. The van der Waals surface area contributed by atoms with Gasteiger partial charge in [-0.25, -0.2) is 4.68 Å². The van der Waals surface area contributed by atoms with Crippen molar-refractivity contribution >= 4 is 5.91 Å². The molecule has 7 heteroatoms. The molecule has 7 nitrogen and oxygen atoms in total. The van der Waals surface area contributed by atoms with E-state index in [9.17, 15) is 4.79 Å². The lowest BCUT2D eigenvalue weighted by Crippen LogP contribution is -2.48. The van der Waals surface area contributed by atoms with E-state index in [0.29, 0.717) is 36.0 Å². The van der Waals surface area contributed by atoms with E-state index in [1.54, 1.807) is 18.9 Å². The minimum absolute atomic E-state index is 0.0143. The third-order valence-electron chi connectivity index (χ3n) is 5.60. The van der Waals surface area contributed by atoms with E-state index >= 15 is 0 Å². The topological polar surface area (TPSA) is 65.8 Å². The van der Waals surface area contributed by atoms with Gasteiger partial charge in [0.15, 0.2) is 0 Å². The lowest BCUT2D eigenvalue weighted by Gasteiger charge is -2.35. The fourth-order valence-corrected chi connectivity index (χ4v) is 4.06. The second-order valence-electron chi connectivity index (χ2n) is 8.20. The van der Waals surface area contributed by atoms with Crippen molar-refractivity contribution in [1.29, 1.82) is 0 Å². The van der Waals surface area contributed by atoms with E-state index in [1.807, 2.05) is 74.2 Å². The van der Waals surface area contributed by atoms with Crippen molar-refractivity contribution < 1.29 is 19.0 Å². The standard InChI is InChI=1S/C25H29N3O4/c1-16-6-8-19(9-7-16)28-23(25(29)27-14-17(2)32-18(3)15-27)13-22(26-28)21-11-10-20(30-4)12-24(21)31-5/h6-13,17-18H,14-15H2,1-5H3. The van der Waals surface area contributed by atoms with Gasteiger partial charge in [-0.05, 0) is 51.1 Å². The van der Waals surface area contributed by atoms with E-state index in [2.05, 4.69) is 0 Å². The summed E-state index contributed by atoms with van der Waals surface area (Å²) in [5, 5.41) is 4.82. The number of rotatable bonds is 5. The summed E-state index contributed by atoms with van der Waals surface area (Å²) < 4.78 is 18.4. The Kier molecular flexibility index (Phi) is 6.19. The number of methoxy groups -OCH3 is 2. The zero-order chi connectivity index (χ0) is 22.8. The molecule has 4 rings (SSSR count). The Bertz CT molecular complexity index is 1100. The second kappa shape index (κ2) is 9.04. The Balaban J connectivity index is 1.81. The van der Waals surface area contributed by atoms with E-state index < -0.39 is 0 Å². The molecule has 1 fully saturated rings. The number of amides is 1. The Morgan fingerprint density at radius 2 is 1.69 bits per heavy atom. The van der Waals surface area contributed by atoms with Gasteiger partial charge in [-0.1, -0.05) is 17.7 Å². The first-order valence-corrected chi connectivity index (χ1v) is 10.7. The number of hydrogen-bond acceptors (Lipinski definition) is 5. The molecule has 32 heavy (non-hydrogen) atoms. The number of benzene rings is 2. The van der Waals surface area contributed by atoms with Crippen LogP contribution in [0.4, 0.5) is 0 Å². The number of hydrogen-bond donors (Lipinski definition) is 0. The molecule has 0 spiro atoms. The molecule has 2 unspecified atom stereocenters. The predicted octanol–water partition coefficient (Wildman–Crippen LogP) is 4.11. The number of aryl methyl sites for hydroxylation is 1. The molecule has 0 saturated carbocycles. The van der Waals surface area contributed by atoms with Gasteiger partial charge < -0.3 is 19.1 Å². The number of carbonyl (C=O) groups excluding carboxylic acids is 1. The summed E-state index contributed by atoms with van der Waals surface area (Å²) in [5.74, 6) is 1.25. The molecule has 1 amide bonds. The first-order chi connectivity index (χ1) is 15.4. The average molecular weight is 436 g/mol. The largest absolute Gasteiger partial charge is 0.497 e. The van der Waals surface area contributed by atoms with Gasteiger partial charge in [0.1, 0.15) is 17.2 Å². The summed E-state index contributed by atoms with van der Waals surface area (Å²) in [6.07, 6.45) is -0.0285. The van der Waals surface area contributed by atoms with Crippen LogP contribution in [0.5, 0.6) is 11.5 Å². The van der Waals surface area contributed by atoms with E-state index in [0.717, 1.165) is 16.8 Å². The van der Waals surface area contributed by atoms with Crippen LogP contribution >= 0.6 is 0 Å². The van der Waals surface area contributed by atoms with Gasteiger partial charge in [0.05, 0.1) is 37.8 Å². The van der Waals surface area contributed by atoms with Crippen LogP contribution < -0.4 is 9.47 Å². The smallest absolute Gasteiger partial charge is 0.272 e. The predicted molar refractivity (Wildman–Crippen MR) is 123 cm³/mol. The maximum atomic E-state index is 13.6. The number of nitrogens with zero attached hydrogens (tertiary/aromatic N) is 3. The van der Waals surface area contributed by atoms with E-state index in [4.69, 9.17) is 19.3 Å². The van der Waals surface area contributed by atoms with Gasteiger partial charge in [0.2, 0.25) is 0 Å². The van der Waals surface area contributed by atoms with Crippen LogP contribution in [0, 0.1) is 6.92 Å². The summed E-state index contributed by atoms with van der Waals surface area (Å²) >= 11 is 0. The monoisotopic (exact) mass is 435 g/mol. The second-order valence-corrected chi connectivity index (χ2v) is 8.20. The molecule has 1 aliphatic heterocycles. The van der Waals surface area contributed by atoms with Gasteiger partial charge in [-0.2, -0.15) is 5.10 Å². The van der Waals surface area contributed by atoms with Crippen molar-refractivity contribution in [2.75, 3.05) is 27.3 Å². The van der Waals surface area contributed by atoms with Crippen molar-refractivity contribution in [1.82, 2.24) is 14.7 Å². The summed E-state index contributed by atoms with van der Waals surface area (Å²) in [4.78, 5) is 15.5. The molecular weight excluding hydrogens is 406 g/mol. The summed E-state index contributed by atoms with van der Waals surface area (Å²) in [5.41, 5.74) is 3.91. The van der Waals surface area contributed by atoms with Gasteiger partial charge in [0, 0.05) is 24.7 Å². The first kappa shape index (κ1) is 21.9. The zero-order valence-corrected chi connectivity index (χ0v) is 19.2. The number of morpholine rings is 1. The highest BCUT2D eigenvalue weighted by atomic mass is 16.5. The van der Waals surface area contributed by atoms with Crippen LogP contribution in [0.3, 0.4) is 0 Å². The lowest BCUT2D eigenvalue weighted by atomic mass is 10.1. The molecule has 3 aromatic rings. The summed E-state index contributed by atoms with van der Waals surface area (Å²) in [7, 11) is 3.22. The van der Waals surface area contributed by atoms with Crippen LogP contribution in [0.25, 0.3) is 16.9 Å². The number of ether oxygens (including phenoxy) is 3. The summed E-state index contributed by atoms with van der Waals surface area (Å²) in [6.45, 7) is 7.09. The average Bonchev–Trinajstić information content (AvgIpc) is 3.23. The fraction of sp³-hybridized carbons (Fsp3) is 0.360. The highest BCUT2D eigenvalue weighted by Gasteiger charge is 2.30. The van der Waals surface area contributed by atoms with Gasteiger partial charge in [-0.3, -0.25) is 4.79 Å². The van der Waals surface area contributed by atoms with Crippen molar-refractivity contribution in [3.8, 4) is 28.4 Å². The Labute approximate surface area is 188 Å². The third-order valence-corrected chi connectivity index (χ3v) is 5.60. The molecule has 0 aliphatic carbocycles. The molecular formula is C25H29N3O4. The van der Waals surface area contributed by atoms with Crippen molar-refractivity contribution in [2.45, 2.75) is 33.0 Å². The lowest BCUT2D eigenvalue weighted by molar-refractivity contribution is -0.0588. The molecule has 0 bridgehead atoms. The van der Waals surface area contributed by atoms with Crippen molar-refractivity contribution in [2.24, 2.45) is 0 Å². The van der Waals surface area contributed by atoms with Gasteiger partial charge >= 0.3 is 0 Å². The molecule has 2 heterocycles. The minimum Gasteiger partial charge on any atom is -0.497 e. The maximum absolute atomic E-state index is 13.6. The molecule has 2 atom stereocenters. The van der Waals surface area contributed by atoms with Gasteiger partial charge in [0.25, 0.3) is 5.91 Å². The van der Waals surface area contributed by atoms with E-state index in [-0.39, 0.29) is 18.1 Å². The Morgan fingerprint density at radius 1 is 1.00 bits per heavy atom. The van der Waals surface area contributed by atoms with Gasteiger partial charge in [-0.15, -0.1) is 0 Å². The first-order valence-electron chi connectivity index (χ1n) is 10.7. The van der Waals surface area contributed by atoms with Crippen LogP contribution in [-0.2, 0) is 4.74 Å². The maximum Gasteiger partial charge on any atom is 0.272 e. The molecule has 1 aromatic heterocycles. The highest BCUT2D eigenvalue weighted by molar-refractivity contribution is 5.94. The van der Waals surface area contributed by atoms with E-state index in [1.165, 1.54) is 0 Å². The van der Waals surface area contributed by atoms with Crippen LogP contribution in [0.1, 0.15) is 29.9 Å². The normalized spacial score (nSPS) is 18.5. The molecule has 0 radical (unpaired) electrons. The van der Waals surface area contributed by atoms with Crippen LogP contribution in [0.15, 0.2) is 48.5 Å². The van der Waals surface area contributed by atoms with Crippen molar-refractivity contribution in [3.05, 3.63) is 59.8 Å². The quantitative estimate of drug-likeness (QED) is 0.603. The van der Waals surface area contributed by atoms with Crippen LogP contribution in [0.2, 0.25) is 0 Å². The Morgan fingerprint density at radius 3 is 2.31 bits per heavy atom. The zero-order valence-electron chi connectivity index (χ0n) is 19.2. The van der Waals surface area contributed by atoms with Crippen molar-refractivity contribution in [3.63, 3.8) is 0 Å². The molecule has 1 saturated heterocycles. The SMILES string of the molecule is COc1ccc(-c2cc(C(=O)N3CC(C)OC(C)C3)n(-c3ccc(C)cc3)n2)c(OC)c1. The molecule has 2 aromatic carbocycles. The van der Waals surface area contributed by atoms with Crippen LogP contribution in [-0.4, -0.2) is 60.1 Å². The molecule has 168 valence electrons. The number of aromatic nitrogens is 2. The number of carbonyl (C=O) groups is 1. The molecule has 1 aliphatic rings. The third kappa shape index (κ3) is 4.34. The highest BCUT2D eigenvalue weighted by Crippen LogP contribution is 2.34. The summed E-state index contributed by atoms with van der Waals surface area (Å²) in [6, 6.07) is 15.4. The Hall–Kier alpha value is -3.32.